The van der Waals surface area contributed by atoms with Gasteiger partial charge in [0.1, 0.15) is 0 Å². The van der Waals surface area contributed by atoms with Crippen LogP contribution in [0.4, 0.5) is 13.2 Å². The van der Waals surface area contributed by atoms with Crippen LogP contribution in [0.2, 0.25) is 0 Å². The number of aromatic carboxylic acids is 2. The van der Waals surface area contributed by atoms with Crippen LogP contribution in [0, 0.1) is 0 Å². The van der Waals surface area contributed by atoms with Crippen LogP contribution in [0.15, 0.2) is 0 Å². The van der Waals surface area contributed by atoms with Crippen molar-refractivity contribution >= 4 is 11.9 Å². The van der Waals surface area contributed by atoms with Crippen molar-refractivity contribution in [2.45, 2.75) is 83.9 Å². The Balaban J connectivity index is 2.61. The van der Waals surface area contributed by atoms with Gasteiger partial charge in [0.2, 0.25) is 5.82 Å². The molecule has 0 fully saturated rings. The van der Waals surface area contributed by atoms with E-state index in [1.165, 1.54) is 25.7 Å². The quantitative estimate of drug-likeness (QED) is 0.449. The number of rotatable bonds is 13. The third kappa shape index (κ3) is 7.22. The number of carboxylic acid groups (broad SMARTS) is 2. The lowest BCUT2D eigenvalue weighted by atomic mass is 10.1. The molecule has 6 nitrogen and oxygen atoms in total. The lowest BCUT2D eigenvalue weighted by molar-refractivity contribution is -0.147. The van der Waals surface area contributed by atoms with Crippen molar-refractivity contribution in [1.29, 1.82) is 0 Å². The number of hydrogen-bond acceptors (Lipinski definition) is 3. The summed E-state index contributed by atoms with van der Waals surface area (Å²) in [6.07, 6.45) is 4.94. The van der Waals surface area contributed by atoms with Crippen molar-refractivity contribution in [2.24, 2.45) is 0 Å². The zero-order valence-corrected chi connectivity index (χ0v) is 15.5. The summed E-state index contributed by atoms with van der Waals surface area (Å²) in [6.45, 7) is 1.92. The summed E-state index contributed by atoms with van der Waals surface area (Å²) in [6, 6.07) is 0. The summed E-state index contributed by atoms with van der Waals surface area (Å²) in [5.41, 5.74) is -2.01. The van der Waals surface area contributed by atoms with Gasteiger partial charge in [0, 0.05) is 6.54 Å². The van der Waals surface area contributed by atoms with E-state index in [-0.39, 0.29) is 6.54 Å². The van der Waals surface area contributed by atoms with E-state index in [0.717, 1.165) is 25.7 Å². The standard InChI is InChI=1S/C18H27F3N2O4/c1-2-3-4-5-6-7-8-9-10-11-12-23-14(16(26)27)13(15(24)25)22-17(23)18(19,20)21/h2-12H2,1H3,(H,24,25)(H,26,27). The number of imidazole rings is 1. The number of halogens is 3. The summed E-state index contributed by atoms with van der Waals surface area (Å²) in [5, 5.41) is 18.1. The first kappa shape index (κ1) is 23.0. The van der Waals surface area contributed by atoms with Gasteiger partial charge in [-0.3, -0.25) is 0 Å². The lowest BCUT2D eigenvalue weighted by Gasteiger charge is -2.12. The largest absolute Gasteiger partial charge is 0.476 e. The molecule has 0 aliphatic carbocycles. The molecule has 1 heterocycles. The van der Waals surface area contributed by atoms with Gasteiger partial charge in [-0.15, -0.1) is 0 Å². The highest BCUT2D eigenvalue weighted by molar-refractivity contribution is 5.99. The van der Waals surface area contributed by atoms with Crippen LogP contribution in [0.25, 0.3) is 0 Å². The maximum atomic E-state index is 13.1. The van der Waals surface area contributed by atoms with Crippen molar-refractivity contribution in [3.8, 4) is 0 Å². The molecular weight excluding hydrogens is 365 g/mol. The van der Waals surface area contributed by atoms with Gasteiger partial charge in [-0.1, -0.05) is 64.7 Å². The molecule has 0 amide bonds. The van der Waals surface area contributed by atoms with E-state index in [4.69, 9.17) is 10.2 Å². The number of unbranched alkanes of at least 4 members (excludes halogenated alkanes) is 9. The molecule has 9 heteroatoms. The summed E-state index contributed by atoms with van der Waals surface area (Å²) in [4.78, 5) is 25.4. The summed E-state index contributed by atoms with van der Waals surface area (Å²) >= 11 is 0. The molecule has 0 saturated carbocycles. The number of carbonyl (C=O) groups is 2. The first-order valence-corrected chi connectivity index (χ1v) is 9.34. The summed E-state index contributed by atoms with van der Waals surface area (Å²) in [7, 11) is 0. The molecule has 2 N–H and O–H groups in total. The normalized spacial score (nSPS) is 11.7. The number of alkyl halides is 3. The molecule has 0 radical (unpaired) electrons. The zero-order valence-electron chi connectivity index (χ0n) is 15.5. The van der Waals surface area contributed by atoms with Crippen molar-refractivity contribution < 1.29 is 33.0 Å². The first-order valence-electron chi connectivity index (χ1n) is 9.34. The highest BCUT2D eigenvalue weighted by atomic mass is 19.4. The van der Waals surface area contributed by atoms with Crippen molar-refractivity contribution in [2.75, 3.05) is 0 Å². The number of aromatic nitrogens is 2. The molecule has 0 aromatic carbocycles. The number of hydrogen-bond donors (Lipinski definition) is 2. The minimum absolute atomic E-state index is 0.229. The molecular formula is C18H27F3N2O4. The molecule has 0 aliphatic heterocycles. The van der Waals surface area contributed by atoms with E-state index >= 15 is 0 Å². The molecule has 154 valence electrons. The summed E-state index contributed by atoms with van der Waals surface area (Å²) < 4.78 is 39.8. The molecule has 1 aromatic heterocycles. The second-order valence-electron chi connectivity index (χ2n) is 6.57. The predicted molar refractivity (Wildman–Crippen MR) is 93.0 cm³/mol. The van der Waals surface area contributed by atoms with Crippen LogP contribution in [0.1, 0.15) is 97.9 Å². The molecule has 0 saturated heterocycles. The Morgan fingerprint density at radius 2 is 1.37 bits per heavy atom. The van der Waals surface area contributed by atoms with Gasteiger partial charge in [-0.05, 0) is 6.42 Å². The van der Waals surface area contributed by atoms with Crippen molar-refractivity contribution in [1.82, 2.24) is 9.55 Å². The van der Waals surface area contributed by atoms with E-state index in [1.807, 2.05) is 0 Å². The number of carboxylic acids is 2. The molecule has 0 unspecified atom stereocenters. The molecule has 0 bridgehead atoms. The fraction of sp³-hybridized carbons (Fsp3) is 0.722. The van der Waals surface area contributed by atoms with Crippen LogP contribution in [0.3, 0.4) is 0 Å². The van der Waals surface area contributed by atoms with E-state index in [9.17, 15) is 22.8 Å². The van der Waals surface area contributed by atoms with Crippen LogP contribution < -0.4 is 0 Å². The smallest absolute Gasteiger partial charge is 0.449 e. The second-order valence-corrected chi connectivity index (χ2v) is 6.57. The van der Waals surface area contributed by atoms with Gasteiger partial charge in [-0.2, -0.15) is 13.2 Å². The third-order valence-electron chi connectivity index (χ3n) is 4.36. The zero-order chi connectivity index (χ0) is 20.4. The topological polar surface area (TPSA) is 92.4 Å². The van der Waals surface area contributed by atoms with Crippen LogP contribution in [-0.2, 0) is 12.7 Å². The van der Waals surface area contributed by atoms with Crippen LogP contribution in [-0.4, -0.2) is 31.7 Å². The maximum Gasteiger partial charge on any atom is 0.449 e. The highest BCUT2D eigenvalue weighted by Crippen LogP contribution is 2.31. The fourth-order valence-corrected chi connectivity index (χ4v) is 3.01. The monoisotopic (exact) mass is 392 g/mol. The average Bonchev–Trinajstić information content (AvgIpc) is 2.97. The SMILES string of the molecule is CCCCCCCCCCCCn1c(C(F)(F)F)nc(C(=O)O)c1C(=O)O. The van der Waals surface area contributed by atoms with Gasteiger partial charge in [-0.25, -0.2) is 14.6 Å². The van der Waals surface area contributed by atoms with Crippen LogP contribution in [0.5, 0.6) is 0 Å². The third-order valence-corrected chi connectivity index (χ3v) is 4.36. The Kier molecular flexibility index (Phi) is 9.31. The Morgan fingerprint density at radius 1 is 0.889 bits per heavy atom. The predicted octanol–water partition coefficient (Wildman–Crippen LogP) is 5.22. The molecule has 27 heavy (non-hydrogen) atoms. The molecule has 1 aromatic rings. The number of nitrogens with zero attached hydrogens (tertiary/aromatic N) is 2. The Bertz CT molecular complexity index is 627. The van der Waals surface area contributed by atoms with E-state index in [2.05, 4.69) is 11.9 Å². The van der Waals surface area contributed by atoms with Gasteiger partial charge in [0.25, 0.3) is 0 Å². The molecule has 0 aliphatic rings. The average molecular weight is 392 g/mol. The second kappa shape index (κ2) is 10.9. The Labute approximate surface area is 156 Å². The van der Waals surface area contributed by atoms with E-state index in [1.54, 1.807) is 0 Å². The van der Waals surface area contributed by atoms with Crippen LogP contribution >= 0.6 is 0 Å². The van der Waals surface area contributed by atoms with Crippen molar-refractivity contribution in [3.05, 3.63) is 17.2 Å². The Morgan fingerprint density at radius 3 is 1.78 bits per heavy atom. The lowest BCUT2D eigenvalue weighted by Crippen LogP contribution is -2.19. The van der Waals surface area contributed by atoms with Gasteiger partial charge < -0.3 is 14.8 Å². The van der Waals surface area contributed by atoms with Gasteiger partial charge in [0.15, 0.2) is 11.4 Å². The Hall–Kier alpha value is -2.06. The first-order chi connectivity index (χ1) is 12.7. The highest BCUT2D eigenvalue weighted by Gasteiger charge is 2.41. The minimum atomic E-state index is -4.92. The maximum absolute atomic E-state index is 13.1. The van der Waals surface area contributed by atoms with E-state index in [0.29, 0.717) is 17.4 Å². The molecule has 0 spiro atoms. The van der Waals surface area contributed by atoms with E-state index < -0.39 is 35.3 Å². The fourth-order valence-electron chi connectivity index (χ4n) is 3.01. The molecule has 1 rings (SSSR count). The molecule has 0 atom stereocenters. The van der Waals surface area contributed by atoms with Gasteiger partial charge >= 0.3 is 18.1 Å². The minimum Gasteiger partial charge on any atom is -0.476 e. The van der Waals surface area contributed by atoms with Gasteiger partial charge in [0.05, 0.1) is 0 Å². The summed E-state index contributed by atoms with van der Waals surface area (Å²) in [5.74, 6) is -5.00. The van der Waals surface area contributed by atoms with Crippen molar-refractivity contribution in [3.63, 3.8) is 0 Å².